The van der Waals surface area contributed by atoms with E-state index in [4.69, 9.17) is 4.74 Å². The molecule has 0 N–H and O–H groups in total. The number of aliphatic imine (C=N–C) groups is 1. The Bertz CT molecular complexity index is 718. The van der Waals surface area contributed by atoms with Crippen molar-refractivity contribution in [3.8, 4) is 0 Å². The van der Waals surface area contributed by atoms with Gasteiger partial charge in [-0.1, -0.05) is 52.3 Å². The Morgan fingerprint density at radius 1 is 1.18 bits per heavy atom. The molecule has 1 aliphatic rings. The van der Waals surface area contributed by atoms with Gasteiger partial charge in [-0.15, -0.1) is 0 Å². The second-order valence-corrected chi connectivity index (χ2v) is 6.10. The van der Waals surface area contributed by atoms with Crippen LogP contribution in [0.1, 0.15) is 17.2 Å². The molecular formula is C16H13BrN2O3. The van der Waals surface area contributed by atoms with Gasteiger partial charge in [-0.3, -0.25) is 10.1 Å². The van der Waals surface area contributed by atoms with Crippen LogP contribution in [0.5, 0.6) is 0 Å². The third kappa shape index (κ3) is 3.01. The van der Waals surface area contributed by atoms with Crippen molar-refractivity contribution < 1.29 is 9.66 Å². The first-order valence-corrected chi connectivity index (χ1v) is 7.71. The summed E-state index contributed by atoms with van der Waals surface area (Å²) in [6, 6.07) is 16.2. The van der Waals surface area contributed by atoms with Crippen LogP contribution in [-0.2, 0) is 4.74 Å². The maximum atomic E-state index is 10.9. The Morgan fingerprint density at radius 2 is 1.95 bits per heavy atom. The second-order valence-electron chi connectivity index (χ2n) is 4.92. The van der Waals surface area contributed by atoms with E-state index < -0.39 is 4.92 Å². The van der Waals surface area contributed by atoms with E-state index in [2.05, 4.69) is 20.9 Å². The van der Waals surface area contributed by atoms with Gasteiger partial charge in [0.2, 0.25) is 5.90 Å². The average Bonchev–Trinajstić information content (AvgIpc) is 2.56. The zero-order valence-electron chi connectivity index (χ0n) is 11.6. The molecule has 0 aliphatic carbocycles. The molecule has 0 amide bonds. The zero-order valence-corrected chi connectivity index (χ0v) is 13.1. The number of ether oxygens (including phenoxy) is 1. The molecule has 3 rings (SSSR count). The summed E-state index contributed by atoms with van der Waals surface area (Å²) in [4.78, 5) is 15.2. The summed E-state index contributed by atoms with van der Waals surface area (Å²) in [7, 11) is 0. The first-order valence-electron chi connectivity index (χ1n) is 6.79. The van der Waals surface area contributed by atoms with Crippen molar-refractivity contribution in [1.82, 2.24) is 0 Å². The first kappa shape index (κ1) is 14.7. The molecule has 6 heteroatoms. The maximum absolute atomic E-state index is 10.9. The fourth-order valence-electron chi connectivity index (χ4n) is 2.34. The highest BCUT2D eigenvalue weighted by atomic mass is 79.9. The minimum absolute atomic E-state index is 0.0287. The van der Waals surface area contributed by atoms with Gasteiger partial charge < -0.3 is 4.74 Å². The van der Waals surface area contributed by atoms with Gasteiger partial charge in [0.05, 0.1) is 15.8 Å². The molecule has 1 heterocycles. The normalized spacial score (nSPS) is 20.9. The van der Waals surface area contributed by atoms with Crippen molar-refractivity contribution >= 4 is 27.5 Å². The minimum atomic E-state index is -0.422. The van der Waals surface area contributed by atoms with Gasteiger partial charge >= 0.3 is 0 Å². The number of nitro groups is 1. The molecule has 0 aromatic heterocycles. The number of alkyl halides is 1. The van der Waals surface area contributed by atoms with Crippen LogP contribution in [0.3, 0.4) is 0 Å². The van der Waals surface area contributed by atoms with E-state index in [1.54, 1.807) is 12.1 Å². The van der Waals surface area contributed by atoms with Crippen LogP contribution in [0.15, 0.2) is 59.6 Å². The number of benzene rings is 2. The molecule has 22 heavy (non-hydrogen) atoms. The van der Waals surface area contributed by atoms with Gasteiger partial charge in [0.1, 0.15) is 6.61 Å². The summed E-state index contributed by atoms with van der Waals surface area (Å²) in [6.45, 7) is 0.459. The van der Waals surface area contributed by atoms with E-state index in [0.29, 0.717) is 18.1 Å². The number of rotatable bonds is 3. The van der Waals surface area contributed by atoms with Crippen LogP contribution in [0.25, 0.3) is 0 Å². The van der Waals surface area contributed by atoms with Crippen molar-refractivity contribution in [3.63, 3.8) is 0 Å². The largest absolute Gasteiger partial charge is 0.476 e. The molecule has 0 spiro atoms. The Balaban J connectivity index is 1.97. The van der Waals surface area contributed by atoms with E-state index >= 15 is 0 Å². The summed E-state index contributed by atoms with van der Waals surface area (Å²) < 4.78 is 5.64. The molecule has 2 atom stereocenters. The van der Waals surface area contributed by atoms with Gasteiger partial charge in [-0.25, -0.2) is 4.99 Å². The highest BCUT2D eigenvalue weighted by Gasteiger charge is 2.27. The predicted molar refractivity (Wildman–Crippen MR) is 87.5 cm³/mol. The molecule has 112 valence electrons. The molecule has 0 fully saturated rings. The molecule has 0 saturated heterocycles. The Labute approximate surface area is 135 Å². The van der Waals surface area contributed by atoms with Gasteiger partial charge in [0.15, 0.2) is 0 Å². The molecule has 0 saturated carbocycles. The number of hydrogen-bond acceptors (Lipinski definition) is 4. The van der Waals surface area contributed by atoms with Gasteiger partial charge in [0, 0.05) is 17.7 Å². The SMILES string of the molecule is O=[N+]([O-])c1cccc(C2=N[C@H](c3ccccc3)[C@@H](Br)CO2)c1. The van der Waals surface area contributed by atoms with Crippen LogP contribution in [0.4, 0.5) is 5.69 Å². The zero-order chi connectivity index (χ0) is 15.5. The molecular weight excluding hydrogens is 348 g/mol. The fraction of sp³-hybridized carbons (Fsp3) is 0.188. The lowest BCUT2D eigenvalue weighted by molar-refractivity contribution is -0.384. The quantitative estimate of drug-likeness (QED) is 0.474. The number of hydrogen-bond donors (Lipinski definition) is 0. The van der Waals surface area contributed by atoms with Crippen molar-refractivity contribution in [1.29, 1.82) is 0 Å². The molecule has 2 aromatic carbocycles. The van der Waals surface area contributed by atoms with Crippen LogP contribution < -0.4 is 0 Å². The average molecular weight is 361 g/mol. The smallest absolute Gasteiger partial charge is 0.270 e. The van der Waals surface area contributed by atoms with Crippen molar-refractivity contribution in [2.45, 2.75) is 10.9 Å². The molecule has 1 aliphatic heterocycles. The summed E-state index contributed by atoms with van der Waals surface area (Å²) in [5.41, 5.74) is 1.73. The highest BCUT2D eigenvalue weighted by molar-refractivity contribution is 9.09. The summed E-state index contributed by atoms with van der Waals surface area (Å²) in [6.07, 6.45) is 0. The Kier molecular flexibility index (Phi) is 4.20. The number of nitro benzene ring substituents is 1. The third-order valence-corrected chi connectivity index (χ3v) is 4.19. The van der Waals surface area contributed by atoms with E-state index in [0.717, 1.165) is 5.56 Å². The van der Waals surface area contributed by atoms with Crippen molar-refractivity contribution in [3.05, 3.63) is 75.8 Å². The van der Waals surface area contributed by atoms with E-state index in [1.165, 1.54) is 12.1 Å². The lowest BCUT2D eigenvalue weighted by Crippen LogP contribution is -2.27. The second kappa shape index (κ2) is 6.27. The summed E-state index contributed by atoms with van der Waals surface area (Å²) >= 11 is 3.59. The monoisotopic (exact) mass is 360 g/mol. The van der Waals surface area contributed by atoms with Crippen LogP contribution in [0.2, 0.25) is 0 Å². The molecule has 2 aromatic rings. The highest BCUT2D eigenvalue weighted by Crippen LogP contribution is 2.31. The molecule has 0 bridgehead atoms. The van der Waals surface area contributed by atoms with Gasteiger partial charge in [-0.05, 0) is 11.6 Å². The van der Waals surface area contributed by atoms with Crippen molar-refractivity contribution in [2.75, 3.05) is 6.61 Å². The predicted octanol–water partition coefficient (Wildman–Crippen LogP) is 3.88. The standard InChI is InChI=1S/C16H13BrN2O3/c17-14-10-22-16(12-7-4-8-13(9-12)19(20)21)18-15(14)11-5-2-1-3-6-11/h1-9,14-15H,10H2/t14-,15+/m0/s1. The lowest BCUT2D eigenvalue weighted by Gasteiger charge is -2.26. The number of halogens is 1. The molecule has 0 unspecified atom stereocenters. The maximum Gasteiger partial charge on any atom is 0.270 e. The summed E-state index contributed by atoms with van der Waals surface area (Å²) in [5.74, 6) is 0.438. The molecule has 5 nitrogen and oxygen atoms in total. The molecule has 0 radical (unpaired) electrons. The van der Waals surface area contributed by atoms with Crippen molar-refractivity contribution in [2.24, 2.45) is 4.99 Å². The first-order chi connectivity index (χ1) is 10.6. The van der Waals surface area contributed by atoms with E-state index in [1.807, 2.05) is 30.3 Å². The van der Waals surface area contributed by atoms with Crippen LogP contribution >= 0.6 is 15.9 Å². The third-order valence-electron chi connectivity index (χ3n) is 3.42. The summed E-state index contributed by atoms with van der Waals surface area (Å²) in [5, 5.41) is 10.9. The Morgan fingerprint density at radius 3 is 2.68 bits per heavy atom. The van der Waals surface area contributed by atoms with Crippen LogP contribution in [0, 0.1) is 10.1 Å². The Hall–Kier alpha value is -2.21. The topological polar surface area (TPSA) is 64.7 Å². The van der Waals surface area contributed by atoms with Gasteiger partial charge in [0.25, 0.3) is 5.69 Å². The van der Waals surface area contributed by atoms with Crippen LogP contribution in [-0.4, -0.2) is 22.3 Å². The van der Waals surface area contributed by atoms with E-state index in [9.17, 15) is 10.1 Å². The van der Waals surface area contributed by atoms with Gasteiger partial charge in [-0.2, -0.15) is 0 Å². The minimum Gasteiger partial charge on any atom is -0.476 e. The number of non-ortho nitro benzene ring substituents is 1. The fourth-order valence-corrected chi connectivity index (χ4v) is 2.89. The van der Waals surface area contributed by atoms with E-state index in [-0.39, 0.29) is 16.6 Å². The number of nitrogens with zero attached hydrogens (tertiary/aromatic N) is 2. The lowest BCUT2D eigenvalue weighted by atomic mass is 10.0.